The molecule has 25 heavy (non-hydrogen) atoms. The molecule has 5 heteroatoms. The van der Waals surface area contributed by atoms with E-state index < -0.39 is 0 Å². The van der Waals surface area contributed by atoms with Gasteiger partial charge in [-0.15, -0.1) is 24.0 Å². The lowest BCUT2D eigenvalue weighted by Gasteiger charge is -2.26. The first-order valence-electron chi connectivity index (χ1n) is 10.5. The maximum Gasteiger partial charge on any atom is 0.193 e. The molecule has 0 aromatic rings. The first-order chi connectivity index (χ1) is 11.9. The SMILES string of the molecule is CN=C(NCCCCCN1CCCCC1)N1CC2CCCCC2C1.I. The highest BCUT2D eigenvalue weighted by atomic mass is 127. The summed E-state index contributed by atoms with van der Waals surface area (Å²) >= 11 is 0. The lowest BCUT2D eigenvalue weighted by Crippen LogP contribution is -2.40. The predicted molar refractivity (Wildman–Crippen MR) is 118 cm³/mol. The van der Waals surface area contributed by atoms with Crippen molar-refractivity contribution in [3.8, 4) is 0 Å². The minimum Gasteiger partial charge on any atom is -0.356 e. The largest absolute Gasteiger partial charge is 0.356 e. The fourth-order valence-corrected chi connectivity index (χ4v) is 4.93. The first kappa shape index (κ1) is 21.3. The van der Waals surface area contributed by atoms with Gasteiger partial charge in [-0.3, -0.25) is 4.99 Å². The number of nitrogens with one attached hydrogen (secondary N) is 1. The minimum absolute atomic E-state index is 0. The molecule has 0 spiro atoms. The number of fused-ring (bicyclic) bond motifs is 1. The van der Waals surface area contributed by atoms with Gasteiger partial charge >= 0.3 is 0 Å². The minimum atomic E-state index is 0. The smallest absolute Gasteiger partial charge is 0.193 e. The fraction of sp³-hybridized carbons (Fsp3) is 0.950. The summed E-state index contributed by atoms with van der Waals surface area (Å²) in [6.45, 7) is 7.53. The topological polar surface area (TPSA) is 30.9 Å². The van der Waals surface area contributed by atoms with Crippen LogP contribution >= 0.6 is 24.0 Å². The van der Waals surface area contributed by atoms with Crippen molar-refractivity contribution in [3.05, 3.63) is 0 Å². The molecule has 0 aromatic carbocycles. The number of halogens is 1. The van der Waals surface area contributed by atoms with Crippen LogP contribution in [0.15, 0.2) is 4.99 Å². The van der Waals surface area contributed by atoms with Crippen LogP contribution in [0.3, 0.4) is 0 Å². The highest BCUT2D eigenvalue weighted by Crippen LogP contribution is 2.35. The van der Waals surface area contributed by atoms with Gasteiger partial charge in [0.15, 0.2) is 5.96 Å². The second kappa shape index (κ2) is 11.6. The molecule has 1 aliphatic carbocycles. The normalized spacial score (nSPS) is 27.7. The Morgan fingerprint density at radius 2 is 1.60 bits per heavy atom. The molecule has 0 aromatic heterocycles. The molecular weight excluding hydrogens is 423 g/mol. The van der Waals surface area contributed by atoms with E-state index in [0.717, 1.165) is 24.3 Å². The number of hydrogen-bond donors (Lipinski definition) is 1. The molecule has 146 valence electrons. The molecule has 3 aliphatic rings. The molecule has 2 saturated heterocycles. The fourth-order valence-electron chi connectivity index (χ4n) is 4.93. The van der Waals surface area contributed by atoms with Crippen molar-refractivity contribution < 1.29 is 0 Å². The summed E-state index contributed by atoms with van der Waals surface area (Å²) in [6, 6.07) is 0. The Bertz CT molecular complexity index is 381. The number of hydrogen-bond acceptors (Lipinski definition) is 2. The van der Waals surface area contributed by atoms with Crippen molar-refractivity contribution in [2.45, 2.75) is 64.2 Å². The quantitative estimate of drug-likeness (QED) is 0.281. The molecule has 0 amide bonds. The average Bonchev–Trinajstić information content (AvgIpc) is 3.06. The van der Waals surface area contributed by atoms with Crippen LogP contribution in [0.2, 0.25) is 0 Å². The Morgan fingerprint density at radius 1 is 0.920 bits per heavy atom. The number of piperidine rings is 1. The van der Waals surface area contributed by atoms with Gasteiger partial charge in [-0.25, -0.2) is 0 Å². The highest BCUT2D eigenvalue weighted by molar-refractivity contribution is 14.0. The van der Waals surface area contributed by atoms with Crippen LogP contribution in [0.4, 0.5) is 0 Å². The van der Waals surface area contributed by atoms with Gasteiger partial charge < -0.3 is 15.1 Å². The van der Waals surface area contributed by atoms with E-state index in [4.69, 9.17) is 0 Å². The number of aliphatic imine (C=N–C) groups is 1. The van der Waals surface area contributed by atoms with Crippen molar-refractivity contribution in [2.24, 2.45) is 16.8 Å². The van der Waals surface area contributed by atoms with Gasteiger partial charge in [0.05, 0.1) is 0 Å². The number of likely N-dealkylation sites (tertiary alicyclic amines) is 2. The molecular formula is C20H39IN4. The van der Waals surface area contributed by atoms with Crippen molar-refractivity contribution >= 4 is 29.9 Å². The van der Waals surface area contributed by atoms with E-state index in [2.05, 4.69) is 20.1 Å². The van der Waals surface area contributed by atoms with Gasteiger partial charge in [0, 0.05) is 26.7 Å². The van der Waals surface area contributed by atoms with Crippen LogP contribution < -0.4 is 5.32 Å². The maximum absolute atomic E-state index is 4.54. The molecule has 0 radical (unpaired) electrons. The zero-order valence-electron chi connectivity index (χ0n) is 16.2. The molecule has 2 unspecified atom stereocenters. The van der Waals surface area contributed by atoms with E-state index in [0.29, 0.717) is 0 Å². The Balaban J connectivity index is 0.00000225. The maximum atomic E-state index is 4.54. The van der Waals surface area contributed by atoms with E-state index in [-0.39, 0.29) is 24.0 Å². The van der Waals surface area contributed by atoms with Crippen molar-refractivity contribution in [1.29, 1.82) is 0 Å². The van der Waals surface area contributed by atoms with Crippen LogP contribution in [-0.2, 0) is 0 Å². The second-order valence-electron chi connectivity index (χ2n) is 8.15. The summed E-state index contributed by atoms with van der Waals surface area (Å²) in [4.78, 5) is 9.72. The Hall–Kier alpha value is -0.0400. The summed E-state index contributed by atoms with van der Waals surface area (Å²) in [5, 5.41) is 3.62. The number of nitrogens with zero attached hydrogens (tertiary/aromatic N) is 3. The molecule has 1 N–H and O–H groups in total. The number of guanidine groups is 1. The number of unbranched alkanes of at least 4 members (excludes halogenated alkanes) is 2. The molecule has 2 heterocycles. The van der Waals surface area contributed by atoms with Crippen molar-refractivity contribution in [3.63, 3.8) is 0 Å². The van der Waals surface area contributed by atoms with Crippen LogP contribution in [0, 0.1) is 11.8 Å². The highest BCUT2D eigenvalue weighted by Gasteiger charge is 2.35. The predicted octanol–water partition coefficient (Wildman–Crippen LogP) is 3.96. The Kier molecular flexibility index (Phi) is 9.89. The monoisotopic (exact) mass is 462 g/mol. The van der Waals surface area contributed by atoms with Gasteiger partial charge in [0.2, 0.25) is 0 Å². The molecule has 2 aliphatic heterocycles. The molecule has 1 saturated carbocycles. The Labute approximate surface area is 172 Å². The molecule has 3 fully saturated rings. The van der Waals surface area contributed by atoms with E-state index >= 15 is 0 Å². The van der Waals surface area contributed by atoms with Gasteiger partial charge in [-0.2, -0.15) is 0 Å². The van der Waals surface area contributed by atoms with Gasteiger partial charge in [-0.05, 0) is 70.0 Å². The standard InChI is InChI=1S/C20H38N4.HI/c1-21-20(24-16-18-10-4-5-11-19(18)17-24)22-12-6-2-7-13-23-14-8-3-9-15-23;/h18-19H,2-17H2,1H3,(H,21,22);1H. The van der Waals surface area contributed by atoms with Crippen LogP contribution in [-0.4, -0.2) is 62.1 Å². The first-order valence-corrected chi connectivity index (χ1v) is 10.5. The van der Waals surface area contributed by atoms with Crippen LogP contribution in [0.1, 0.15) is 64.2 Å². The summed E-state index contributed by atoms with van der Waals surface area (Å²) in [5.74, 6) is 3.02. The summed E-state index contributed by atoms with van der Waals surface area (Å²) in [7, 11) is 1.95. The number of rotatable bonds is 6. The third kappa shape index (κ3) is 6.56. The Morgan fingerprint density at radius 3 is 2.24 bits per heavy atom. The zero-order chi connectivity index (χ0) is 16.6. The zero-order valence-corrected chi connectivity index (χ0v) is 18.5. The van der Waals surface area contributed by atoms with E-state index in [1.165, 1.54) is 96.9 Å². The summed E-state index contributed by atoms with van der Waals surface area (Å²) in [5.41, 5.74) is 0. The van der Waals surface area contributed by atoms with Crippen LogP contribution in [0.25, 0.3) is 0 Å². The van der Waals surface area contributed by atoms with E-state index in [1.54, 1.807) is 0 Å². The van der Waals surface area contributed by atoms with Gasteiger partial charge in [0.1, 0.15) is 0 Å². The van der Waals surface area contributed by atoms with Gasteiger partial charge in [-0.1, -0.05) is 25.7 Å². The summed E-state index contributed by atoms with van der Waals surface area (Å²) < 4.78 is 0. The average molecular weight is 462 g/mol. The van der Waals surface area contributed by atoms with Gasteiger partial charge in [0.25, 0.3) is 0 Å². The lowest BCUT2D eigenvalue weighted by atomic mass is 9.82. The third-order valence-corrected chi connectivity index (χ3v) is 6.37. The molecule has 2 atom stereocenters. The summed E-state index contributed by atoms with van der Waals surface area (Å²) in [6.07, 6.45) is 14.0. The molecule has 4 nitrogen and oxygen atoms in total. The van der Waals surface area contributed by atoms with Crippen molar-refractivity contribution in [1.82, 2.24) is 15.1 Å². The van der Waals surface area contributed by atoms with Crippen molar-refractivity contribution in [2.75, 3.05) is 46.3 Å². The van der Waals surface area contributed by atoms with E-state index in [9.17, 15) is 0 Å². The van der Waals surface area contributed by atoms with E-state index in [1.807, 2.05) is 7.05 Å². The third-order valence-electron chi connectivity index (χ3n) is 6.37. The lowest BCUT2D eigenvalue weighted by molar-refractivity contribution is 0.224. The van der Waals surface area contributed by atoms with Crippen LogP contribution in [0.5, 0.6) is 0 Å². The second-order valence-corrected chi connectivity index (χ2v) is 8.15. The molecule has 3 rings (SSSR count). The molecule has 0 bridgehead atoms.